The van der Waals surface area contributed by atoms with E-state index in [4.69, 9.17) is 9.26 Å². The first-order chi connectivity index (χ1) is 9.76. The molecule has 1 aliphatic heterocycles. The topological polar surface area (TPSA) is 68.5 Å². The fourth-order valence-corrected chi connectivity index (χ4v) is 2.79. The zero-order valence-electron chi connectivity index (χ0n) is 11.1. The molecule has 6 nitrogen and oxygen atoms in total. The summed E-state index contributed by atoms with van der Waals surface area (Å²) >= 11 is 1.60. The second kappa shape index (κ2) is 5.72. The number of carbonyl (C=O) groups is 1. The van der Waals surface area contributed by atoms with Crippen LogP contribution >= 0.6 is 11.3 Å². The van der Waals surface area contributed by atoms with Crippen molar-refractivity contribution in [2.45, 2.75) is 12.8 Å². The Labute approximate surface area is 120 Å². The third-order valence-corrected chi connectivity index (χ3v) is 3.87. The lowest BCUT2D eigenvalue weighted by atomic mass is 10.0. The monoisotopic (exact) mass is 293 g/mol. The Morgan fingerprint density at radius 3 is 3.15 bits per heavy atom. The molecule has 0 spiro atoms. The molecule has 0 amide bonds. The molecule has 1 aliphatic rings. The van der Waals surface area contributed by atoms with Gasteiger partial charge in [-0.05, 0) is 18.4 Å². The van der Waals surface area contributed by atoms with E-state index in [0.717, 1.165) is 18.7 Å². The summed E-state index contributed by atoms with van der Waals surface area (Å²) < 4.78 is 10.2. The molecule has 2 aromatic rings. The first-order valence-electron chi connectivity index (χ1n) is 6.50. The molecule has 3 rings (SSSR count). The van der Waals surface area contributed by atoms with Crippen molar-refractivity contribution in [3.05, 3.63) is 22.7 Å². The van der Waals surface area contributed by atoms with Gasteiger partial charge in [0.15, 0.2) is 0 Å². The predicted molar refractivity (Wildman–Crippen MR) is 73.4 cm³/mol. The lowest BCUT2D eigenvalue weighted by Gasteiger charge is -2.35. The van der Waals surface area contributed by atoms with Gasteiger partial charge in [-0.1, -0.05) is 5.16 Å². The zero-order valence-corrected chi connectivity index (χ0v) is 11.9. The van der Waals surface area contributed by atoms with E-state index in [1.807, 2.05) is 21.7 Å². The Hall–Kier alpha value is -1.73. The van der Waals surface area contributed by atoms with Crippen LogP contribution in [0.4, 0.5) is 0 Å². The molecule has 0 unspecified atom stereocenters. The van der Waals surface area contributed by atoms with Gasteiger partial charge in [-0.2, -0.15) is 16.3 Å². The number of rotatable bonds is 5. The van der Waals surface area contributed by atoms with Gasteiger partial charge in [-0.15, -0.1) is 0 Å². The molecule has 20 heavy (non-hydrogen) atoms. The molecule has 3 heterocycles. The van der Waals surface area contributed by atoms with E-state index in [9.17, 15) is 4.79 Å². The van der Waals surface area contributed by atoms with Crippen LogP contribution in [0.2, 0.25) is 0 Å². The second-order valence-corrected chi connectivity index (χ2v) is 5.44. The average Bonchev–Trinajstić information content (AvgIpc) is 3.03. The highest BCUT2D eigenvalue weighted by Crippen LogP contribution is 2.27. The third-order valence-electron chi connectivity index (χ3n) is 3.19. The molecule has 0 saturated carbocycles. The van der Waals surface area contributed by atoms with Crippen LogP contribution in [-0.2, 0) is 9.53 Å². The van der Waals surface area contributed by atoms with Gasteiger partial charge in [0.2, 0.25) is 11.7 Å². The number of likely N-dealkylation sites (tertiary alicyclic amines) is 1. The molecule has 0 N–H and O–H groups in total. The molecule has 0 atom stereocenters. The van der Waals surface area contributed by atoms with Crippen molar-refractivity contribution in [3.63, 3.8) is 0 Å². The first-order valence-corrected chi connectivity index (χ1v) is 7.44. The van der Waals surface area contributed by atoms with Crippen LogP contribution in [0.25, 0.3) is 11.4 Å². The van der Waals surface area contributed by atoms with Gasteiger partial charge in [-0.25, -0.2) is 0 Å². The van der Waals surface area contributed by atoms with Gasteiger partial charge >= 0.3 is 5.97 Å². The molecule has 106 valence electrons. The van der Waals surface area contributed by atoms with Gasteiger partial charge < -0.3 is 9.26 Å². The highest BCUT2D eigenvalue weighted by molar-refractivity contribution is 7.08. The second-order valence-electron chi connectivity index (χ2n) is 4.66. The number of hydrogen-bond donors (Lipinski definition) is 0. The molecular formula is C13H15N3O3S. The predicted octanol–water partition coefficient (Wildman–Crippen LogP) is 1.76. The van der Waals surface area contributed by atoms with Crippen LogP contribution in [0.1, 0.15) is 18.7 Å². The van der Waals surface area contributed by atoms with E-state index < -0.39 is 0 Å². The normalized spacial score (nSPS) is 16.1. The summed E-state index contributed by atoms with van der Waals surface area (Å²) in [6.45, 7) is 4.06. The van der Waals surface area contributed by atoms with Gasteiger partial charge in [-0.3, -0.25) is 9.69 Å². The lowest BCUT2D eigenvalue weighted by Crippen LogP contribution is -2.47. The SMILES string of the molecule is CCOC(=O)CN1CC(c2nc(-c3ccsc3)no2)C1. The Morgan fingerprint density at radius 1 is 1.60 bits per heavy atom. The maximum Gasteiger partial charge on any atom is 0.320 e. The number of carbonyl (C=O) groups excluding carboxylic acids is 1. The van der Waals surface area contributed by atoms with Crippen LogP contribution < -0.4 is 0 Å². The summed E-state index contributed by atoms with van der Waals surface area (Å²) in [5.74, 6) is 1.30. The standard InChI is InChI=1S/C13H15N3O3S/c1-2-18-11(17)7-16-5-10(6-16)13-14-12(15-19-13)9-3-4-20-8-9/h3-4,8,10H,2,5-7H2,1H3. The minimum Gasteiger partial charge on any atom is -0.465 e. The Bertz CT molecular complexity index is 575. The Kier molecular flexibility index (Phi) is 3.79. The fourth-order valence-electron chi connectivity index (χ4n) is 2.15. The van der Waals surface area contributed by atoms with Crippen molar-refractivity contribution in [2.24, 2.45) is 0 Å². The summed E-state index contributed by atoms with van der Waals surface area (Å²) in [6.07, 6.45) is 0. The molecule has 2 aromatic heterocycles. The molecule has 0 radical (unpaired) electrons. The maximum atomic E-state index is 11.3. The largest absolute Gasteiger partial charge is 0.465 e. The zero-order chi connectivity index (χ0) is 13.9. The van der Waals surface area contributed by atoms with Gasteiger partial charge in [0.05, 0.1) is 19.1 Å². The molecular weight excluding hydrogens is 278 g/mol. The maximum absolute atomic E-state index is 11.3. The van der Waals surface area contributed by atoms with Crippen LogP contribution in [0.3, 0.4) is 0 Å². The minimum atomic E-state index is -0.185. The summed E-state index contributed by atoms with van der Waals surface area (Å²) in [5, 5.41) is 7.96. The highest BCUT2D eigenvalue weighted by atomic mass is 32.1. The molecule has 0 bridgehead atoms. The van der Waals surface area contributed by atoms with E-state index >= 15 is 0 Å². The molecule has 1 saturated heterocycles. The van der Waals surface area contributed by atoms with Crippen molar-refractivity contribution < 1.29 is 14.1 Å². The minimum absolute atomic E-state index is 0.185. The molecule has 0 aliphatic carbocycles. The van der Waals surface area contributed by atoms with Crippen LogP contribution in [-0.4, -0.2) is 47.3 Å². The number of aromatic nitrogens is 2. The van der Waals surface area contributed by atoms with Crippen molar-refractivity contribution in [1.82, 2.24) is 15.0 Å². The Balaban J connectivity index is 1.54. The number of nitrogens with zero attached hydrogens (tertiary/aromatic N) is 3. The van der Waals surface area contributed by atoms with Crippen LogP contribution in [0.15, 0.2) is 21.3 Å². The first kappa shape index (κ1) is 13.3. The quantitative estimate of drug-likeness (QED) is 0.782. The van der Waals surface area contributed by atoms with E-state index in [2.05, 4.69) is 10.1 Å². The Morgan fingerprint density at radius 2 is 2.45 bits per heavy atom. The summed E-state index contributed by atoms with van der Waals surface area (Å²) in [5.41, 5.74) is 0.979. The van der Waals surface area contributed by atoms with Crippen LogP contribution in [0, 0.1) is 0 Å². The van der Waals surface area contributed by atoms with E-state index in [1.165, 1.54) is 0 Å². The van der Waals surface area contributed by atoms with E-state index in [0.29, 0.717) is 24.9 Å². The molecule has 0 aromatic carbocycles. The van der Waals surface area contributed by atoms with Gasteiger partial charge in [0, 0.05) is 24.0 Å². The highest BCUT2D eigenvalue weighted by Gasteiger charge is 2.33. The van der Waals surface area contributed by atoms with Crippen molar-refractivity contribution in [1.29, 1.82) is 0 Å². The van der Waals surface area contributed by atoms with Gasteiger partial charge in [0.1, 0.15) is 0 Å². The van der Waals surface area contributed by atoms with Crippen LogP contribution in [0.5, 0.6) is 0 Å². The summed E-state index contributed by atoms with van der Waals surface area (Å²) in [7, 11) is 0. The van der Waals surface area contributed by atoms with Gasteiger partial charge in [0.25, 0.3) is 0 Å². The number of ether oxygens (including phenoxy) is 1. The molecule has 1 fully saturated rings. The van der Waals surface area contributed by atoms with E-state index in [1.54, 1.807) is 18.3 Å². The third kappa shape index (κ3) is 2.73. The van der Waals surface area contributed by atoms with Crippen molar-refractivity contribution >= 4 is 17.3 Å². The molecule has 7 heteroatoms. The fraction of sp³-hybridized carbons (Fsp3) is 0.462. The number of hydrogen-bond acceptors (Lipinski definition) is 7. The van der Waals surface area contributed by atoms with E-state index in [-0.39, 0.29) is 11.9 Å². The average molecular weight is 293 g/mol. The summed E-state index contributed by atoms with van der Waals surface area (Å²) in [6, 6.07) is 1.97. The lowest BCUT2D eigenvalue weighted by molar-refractivity contribution is -0.145. The summed E-state index contributed by atoms with van der Waals surface area (Å²) in [4.78, 5) is 17.8. The number of thiophene rings is 1. The number of esters is 1. The van der Waals surface area contributed by atoms with Crippen molar-refractivity contribution in [2.75, 3.05) is 26.2 Å². The smallest absolute Gasteiger partial charge is 0.320 e. The van der Waals surface area contributed by atoms with Crippen molar-refractivity contribution in [3.8, 4) is 11.4 Å².